The Balaban J connectivity index is 2.16. The maximum Gasteiger partial charge on any atom is 0.469 e. The molecule has 0 spiro atoms. The van der Waals surface area contributed by atoms with Gasteiger partial charge in [0.15, 0.2) is 6.23 Å². The molecule has 12 heteroatoms. The lowest BCUT2D eigenvalue weighted by Crippen LogP contribution is -2.36. The highest BCUT2D eigenvalue weighted by Crippen LogP contribution is 2.38. The summed E-state index contributed by atoms with van der Waals surface area (Å²) in [6.07, 6.45) is -4.27. The van der Waals surface area contributed by atoms with E-state index in [9.17, 15) is 19.6 Å². The zero-order chi connectivity index (χ0) is 15.8. The van der Waals surface area contributed by atoms with Crippen LogP contribution in [0.1, 0.15) is 6.23 Å². The number of aliphatic hydroxyl groups is 2. The van der Waals surface area contributed by atoms with Crippen molar-refractivity contribution in [3.8, 4) is 0 Å². The van der Waals surface area contributed by atoms with Gasteiger partial charge < -0.3 is 30.5 Å². The molecule has 21 heavy (non-hydrogen) atoms. The van der Waals surface area contributed by atoms with Crippen molar-refractivity contribution in [3.63, 3.8) is 0 Å². The molecular weight excluding hydrogens is 321 g/mol. The number of nitrogens with two attached hydrogens (primary N) is 1. The van der Waals surface area contributed by atoms with Crippen molar-refractivity contribution in [1.29, 1.82) is 0 Å². The van der Waals surface area contributed by atoms with Gasteiger partial charge in [0.1, 0.15) is 24.1 Å². The molecule has 0 aliphatic carbocycles. The van der Waals surface area contributed by atoms with Gasteiger partial charge in [-0.05, 0) is 6.07 Å². The minimum absolute atomic E-state index is 0.0225. The Bertz CT molecular complexity index is 615. The van der Waals surface area contributed by atoms with Crippen LogP contribution in [0.5, 0.6) is 0 Å². The van der Waals surface area contributed by atoms with Gasteiger partial charge in [0.2, 0.25) is 0 Å². The molecule has 1 aromatic rings. The first-order chi connectivity index (χ1) is 9.69. The van der Waals surface area contributed by atoms with Crippen LogP contribution in [-0.4, -0.2) is 54.5 Å². The van der Waals surface area contributed by atoms with Crippen LogP contribution in [0.25, 0.3) is 0 Å². The number of nitrogen functional groups attached to an aromatic ring is 1. The third-order valence-electron chi connectivity index (χ3n) is 2.87. The van der Waals surface area contributed by atoms with Gasteiger partial charge in [-0.15, -0.1) is 0 Å². The van der Waals surface area contributed by atoms with Crippen LogP contribution < -0.4 is 11.4 Å². The molecule has 0 aromatic carbocycles. The maximum absolute atomic E-state index is 11.6. The number of phosphoric ester groups is 1. The minimum atomic E-state index is -4.74. The second-order valence-electron chi connectivity index (χ2n) is 4.37. The summed E-state index contributed by atoms with van der Waals surface area (Å²) in [6.45, 7) is -0.657. The first-order valence-electron chi connectivity index (χ1n) is 5.75. The molecule has 1 aliphatic rings. The fourth-order valence-electron chi connectivity index (χ4n) is 1.89. The third-order valence-corrected chi connectivity index (χ3v) is 3.36. The van der Waals surface area contributed by atoms with E-state index in [2.05, 4.69) is 9.51 Å². The van der Waals surface area contributed by atoms with Crippen LogP contribution in [0.15, 0.2) is 17.1 Å². The summed E-state index contributed by atoms with van der Waals surface area (Å²) in [6, 6.07) is 1.29. The highest BCUT2D eigenvalue weighted by molar-refractivity contribution is 7.46. The molecule has 11 nitrogen and oxygen atoms in total. The summed E-state index contributed by atoms with van der Waals surface area (Å²) in [5, 5.41) is 19.6. The predicted octanol–water partition coefficient (Wildman–Crippen LogP) is -2.45. The van der Waals surface area contributed by atoms with E-state index in [1.165, 1.54) is 12.3 Å². The number of anilines is 1. The number of hydrogen-bond donors (Lipinski definition) is 5. The number of aromatic nitrogens is 2. The van der Waals surface area contributed by atoms with Gasteiger partial charge >= 0.3 is 13.5 Å². The second-order valence-corrected chi connectivity index (χ2v) is 5.61. The fraction of sp³-hybridized carbons (Fsp3) is 0.556. The van der Waals surface area contributed by atoms with Crippen LogP contribution >= 0.6 is 7.82 Å². The molecule has 0 radical (unpaired) electrons. The maximum atomic E-state index is 11.6. The Kier molecular flexibility index (Phi) is 4.44. The van der Waals surface area contributed by atoms with E-state index in [0.717, 1.165) is 4.57 Å². The molecule has 0 saturated carbocycles. The Morgan fingerprint density at radius 2 is 2.10 bits per heavy atom. The topological polar surface area (TPSA) is 177 Å². The summed E-state index contributed by atoms with van der Waals surface area (Å²) in [5.41, 5.74) is 4.52. The van der Waals surface area contributed by atoms with Crippen molar-refractivity contribution >= 4 is 13.6 Å². The van der Waals surface area contributed by atoms with Gasteiger partial charge in [-0.3, -0.25) is 9.09 Å². The Hall–Kier alpha value is -1.33. The SMILES string of the molecule is [15NH2][13c]1[13cH][13cH][15n]([13C@@H]2O[13C@H]([13CH2]OP(=O)(O)O)[13CH](O)[13C@@H]2O)[13c](=O)[15n]1. The van der Waals surface area contributed by atoms with Crippen molar-refractivity contribution in [2.24, 2.45) is 0 Å². The van der Waals surface area contributed by atoms with Gasteiger partial charge in [0, 0.05) is 6.20 Å². The largest absolute Gasteiger partial charge is 0.469 e. The van der Waals surface area contributed by atoms with E-state index in [1.807, 2.05) is 0 Å². The molecule has 2 rings (SSSR count). The summed E-state index contributed by atoms with van der Waals surface area (Å²) in [4.78, 5) is 32.3. The normalized spacial score (nSPS) is 29.7. The second kappa shape index (κ2) is 5.81. The van der Waals surface area contributed by atoms with E-state index in [-0.39, 0.29) is 5.82 Å². The molecule has 1 aromatic heterocycles. The summed E-state index contributed by atoms with van der Waals surface area (Å²) < 4.78 is 20.9. The van der Waals surface area contributed by atoms with Gasteiger partial charge in [-0.1, -0.05) is 0 Å². The molecule has 118 valence electrons. The van der Waals surface area contributed by atoms with E-state index in [0.29, 0.717) is 0 Å². The highest BCUT2D eigenvalue weighted by Gasteiger charge is 2.44. The number of ether oxygens (including phenoxy) is 1. The van der Waals surface area contributed by atoms with Gasteiger partial charge in [-0.25, -0.2) is 9.36 Å². The summed E-state index contributed by atoms with van der Waals surface area (Å²) in [5.74, 6) is -0.0225. The molecular formula is C9H14N3O8P. The molecule has 1 aliphatic heterocycles. The lowest BCUT2D eigenvalue weighted by molar-refractivity contribution is -0.0542. The van der Waals surface area contributed by atoms with E-state index in [1.54, 1.807) is 0 Å². The Labute approximate surface area is 117 Å². The highest BCUT2D eigenvalue weighted by atomic mass is 31.2. The molecule has 1 fully saturated rings. The number of aliphatic hydroxyl groups excluding tert-OH is 2. The van der Waals surface area contributed by atoms with E-state index in [4.69, 9.17) is 20.3 Å². The van der Waals surface area contributed by atoms with Crippen LogP contribution in [0.3, 0.4) is 0 Å². The first-order valence-corrected chi connectivity index (χ1v) is 7.28. The molecule has 0 bridgehead atoms. The van der Waals surface area contributed by atoms with Crippen molar-refractivity contribution in [2.45, 2.75) is 24.5 Å². The van der Waals surface area contributed by atoms with Gasteiger partial charge in [0.25, 0.3) is 0 Å². The van der Waals surface area contributed by atoms with Crippen molar-refractivity contribution < 1.29 is 33.8 Å². The zero-order valence-electron chi connectivity index (χ0n) is 10.5. The number of nitrogens with zero attached hydrogens (tertiary/aromatic N) is 2. The smallest absolute Gasteiger partial charge is 0.387 e. The lowest BCUT2D eigenvalue weighted by atomic mass is 11.1. The summed E-state index contributed by atoms with van der Waals surface area (Å²) in [7, 11) is -4.74. The minimum Gasteiger partial charge on any atom is -0.387 e. The van der Waals surface area contributed by atoms with Crippen LogP contribution in [0.4, 0.5) is 5.82 Å². The molecule has 4 atom stereocenters. The third kappa shape index (κ3) is 3.66. The number of rotatable bonds is 4. The molecule has 1 unspecified atom stereocenters. The van der Waals surface area contributed by atoms with Crippen LogP contribution in [0.2, 0.25) is 0 Å². The first kappa shape index (κ1) is 16.0. The molecule has 0 amide bonds. The number of hydrogen-bond acceptors (Lipinski definition) is 8. The zero-order valence-corrected chi connectivity index (χ0v) is 11.4. The van der Waals surface area contributed by atoms with E-state index < -0.39 is 44.7 Å². The van der Waals surface area contributed by atoms with Crippen LogP contribution in [0, 0.1) is 0 Å². The quantitative estimate of drug-likeness (QED) is 0.225. The summed E-state index contributed by atoms with van der Waals surface area (Å²) >= 11 is 0. The van der Waals surface area contributed by atoms with Crippen molar-refractivity contribution in [3.05, 3.63) is 22.7 Å². The standard InChI is InChI=1S/C9H14N3O8P/c10-5-1-2-12(9(15)11-5)8-7(14)6(13)4(20-8)3-19-21(16,17)18/h1-2,4,6-8,13-14H,3H2,(H2,10,11,15)(H2,16,17,18)/t4-,6?,7+,8-/m1/s1/i1+1,2+1,3+1,4+1,5+1,6+1,7+1,8+1,9+1,10+1,11+1,12+1. The van der Waals surface area contributed by atoms with Crippen molar-refractivity contribution in [1.82, 2.24) is 9.55 Å². The van der Waals surface area contributed by atoms with Crippen LogP contribution in [-0.2, 0) is 13.8 Å². The number of phosphoric acid groups is 1. The predicted molar refractivity (Wildman–Crippen MR) is 66.8 cm³/mol. The Morgan fingerprint density at radius 1 is 1.43 bits per heavy atom. The van der Waals surface area contributed by atoms with Gasteiger partial charge in [0.05, 0.1) is 6.61 Å². The lowest BCUT2D eigenvalue weighted by Gasteiger charge is -2.16. The fourth-order valence-corrected chi connectivity index (χ4v) is 2.23. The Morgan fingerprint density at radius 3 is 2.67 bits per heavy atom. The molecule has 6 N–H and O–H groups in total. The van der Waals surface area contributed by atoms with Gasteiger partial charge in [-0.2, -0.15) is 4.98 Å². The van der Waals surface area contributed by atoms with Crippen molar-refractivity contribution in [2.75, 3.05) is 12.3 Å². The molecule has 2 heterocycles. The monoisotopic (exact) mass is 335 g/mol. The average Bonchev–Trinajstić information content (AvgIpc) is 2.64. The molecule has 1 saturated heterocycles. The van der Waals surface area contributed by atoms with E-state index >= 15 is 0 Å². The average molecular weight is 335 g/mol.